The minimum atomic E-state index is -0.411. The number of aromatic nitrogens is 2. The number of amides is 1. The first kappa shape index (κ1) is 16.0. The molecule has 1 aliphatic heterocycles. The van der Waals surface area contributed by atoms with E-state index in [1.165, 1.54) is 10.9 Å². The molecule has 1 aromatic heterocycles. The number of nitrogens with zero attached hydrogens (tertiary/aromatic N) is 3. The van der Waals surface area contributed by atoms with E-state index < -0.39 is 12.2 Å². The Bertz CT molecular complexity index is 774. The Morgan fingerprint density at radius 3 is 3.08 bits per heavy atom. The van der Waals surface area contributed by atoms with Crippen LogP contribution in [0.4, 0.5) is 5.82 Å². The average molecular weight is 327 g/mol. The summed E-state index contributed by atoms with van der Waals surface area (Å²) in [6.07, 6.45) is 3.74. The fraction of sp³-hybridized carbons (Fsp3) is 0.312. The first-order valence-electron chi connectivity index (χ1n) is 7.60. The number of rotatable bonds is 4. The van der Waals surface area contributed by atoms with Gasteiger partial charge in [0.15, 0.2) is 6.29 Å². The summed E-state index contributed by atoms with van der Waals surface area (Å²) in [6, 6.07) is 8.67. The summed E-state index contributed by atoms with van der Waals surface area (Å²) in [6.45, 7) is 0.635. The lowest BCUT2D eigenvalue weighted by Crippen LogP contribution is -2.33. The van der Waals surface area contributed by atoms with Gasteiger partial charge < -0.3 is 10.5 Å². The number of hydrogen-bond acceptors (Lipinski definition) is 6. The normalized spacial score (nSPS) is 17.2. The molecule has 1 atom stereocenters. The summed E-state index contributed by atoms with van der Waals surface area (Å²) in [5.74, 6) is -0.167. The molecule has 3 N–H and O–H groups in total. The first-order chi connectivity index (χ1) is 11.7. The minimum Gasteiger partial charge on any atom is -0.382 e. The zero-order valence-electron chi connectivity index (χ0n) is 12.9. The van der Waals surface area contributed by atoms with Gasteiger partial charge in [0, 0.05) is 18.6 Å². The zero-order valence-corrected chi connectivity index (χ0v) is 12.9. The number of benzene rings is 1. The second-order valence-electron chi connectivity index (χ2n) is 5.36. The third kappa shape index (κ3) is 3.37. The first-order valence-corrected chi connectivity index (χ1v) is 7.60. The number of carbonyl (C=O) groups is 1. The van der Waals surface area contributed by atoms with Gasteiger partial charge in [-0.05, 0) is 31.0 Å². The van der Waals surface area contributed by atoms with Crippen LogP contribution in [0.3, 0.4) is 0 Å². The molecule has 0 radical (unpaired) electrons. The molecule has 1 saturated heterocycles. The molecule has 1 amide bonds. The Morgan fingerprint density at radius 1 is 1.50 bits per heavy atom. The van der Waals surface area contributed by atoms with Gasteiger partial charge in [0.1, 0.15) is 17.5 Å². The van der Waals surface area contributed by atoms with Crippen LogP contribution in [0.5, 0.6) is 0 Å². The van der Waals surface area contributed by atoms with Gasteiger partial charge in [-0.15, -0.1) is 0 Å². The Hall–Kier alpha value is -2.89. The van der Waals surface area contributed by atoms with Crippen LogP contribution in [0.25, 0.3) is 5.69 Å². The van der Waals surface area contributed by atoms with Crippen LogP contribution < -0.4 is 11.2 Å². The molecule has 0 bridgehead atoms. The molecule has 124 valence electrons. The van der Waals surface area contributed by atoms with Crippen LogP contribution >= 0.6 is 0 Å². The summed E-state index contributed by atoms with van der Waals surface area (Å²) in [5, 5.41) is 13.0. The largest absolute Gasteiger partial charge is 0.382 e. The van der Waals surface area contributed by atoms with E-state index in [4.69, 9.17) is 20.6 Å². The van der Waals surface area contributed by atoms with Gasteiger partial charge in [0.2, 0.25) is 0 Å². The maximum atomic E-state index is 12.2. The Morgan fingerprint density at radius 2 is 2.38 bits per heavy atom. The van der Waals surface area contributed by atoms with Crippen LogP contribution in [0, 0.1) is 11.3 Å². The molecule has 1 unspecified atom stereocenters. The fourth-order valence-corrected chi connectivity index (χ4v) is 2.41. The van der Waals surface area contributed by atoms with Crippen molar-refractivity contribution < 1.29 is 14.4 Å². The van der Waals surface area contributed by atoms with Crippen molar-refractivity contribution >= 4 is 11.7 Å². The number of ether oxygens (including phenoxy) is 1. The van der Waals surface area contributed by atoms with E-state index in [0.29, 0.717) is 17.9 Å². The number of nitrogen functional groups attached to an aromatic ring is 1. The van der Waals surface area contributed by atoms with Gasteiger partial charge in [-0.3, -0.25) is 4.79 Å². The van der Waals surface area contributed by atoms with Gasteiger partial charge >= 0.3 is 0 Å². The number of hydrogen-bond donors (Lipinski definition) is 2. The lowest BCUT2D eigenvalue weighted by atomic mass is 10.2. The highest BCUT2D eigenvalue weighted by Gasteiger charge is 2.17. The van der Waals surface area contributed by atoms with Crippen LogP contribution in [0.2, 0.25) is 0 Å². The van der Waals surface area contributed by atoms with E-state index in [2.05, 4.69) is 10.6 Å². The third-order valence-corrected chi connectivity index (χ3v) is 3.70. The molecular formula is C16H17N5O3. The SMILES string of the molecule is N#Cc1cnn(-c2cccc(C(=O)NOC3CCCCO3)c2)c1N. The minimum absolute atomic E-state index is 0.224. The smallest absolute Gasteiger partial charge is 0.275 e. The van der Waals surface area contributed by atoms with Crippen LogP contribution in [0.1, 0.15) is 35.2 Å². The van der Waals surface area contributed by atoms with E-state index in [-0.39, 0.29) is 11.4 Å². The predicted octanol–water partition coefficient (Wildman–Crippen LogP) is 1.51. The van der Waals surface area contributed by atoms with Crippen molar-refractivity contribution in [2.75, 3.05) is 12.3 Å². The molecule has 8 heteroatoms. The molecule has 2 aromatic rings. The Balaban J connectivity index is 1.71. The van der Waals surface area contributed by atoms with E-state index in [0.717, 1.165) is 19.3 Å². The van der Waals surface area contributed by atoms with Crippen molar-refractivity contribution in [3.05, 3.63) is 41.6 Å². The fourth-order valence-electron chi connectivity index (χ4n) is 2.41. The second-order valence-corrected chi connectivity index (χ2v) is 5.36. The summed E-state index contributed by atoms with van der Waals surface area (Å²) in [4.78, 5) is 17.5. The van der Waals surface area contributed by atoms with Gasteiger partial charge in [-0.1, -0.05) is 6.07 Å². The average Bonchev–Trinajstić information content (AvgIpc) is 3.01. The zero-order chi connectivity index (χ0) is 16.9. The summed E-state index contributed by atoms with van der Waals surface area (Å²) < 4.78 is 6.79. The van der Waals surface area contributed by atoms with E-state index in [1.54, 1.807) is 24.3 Å². The quantitative estimate of drug-likeness (QED) is 0.823. The summed E-state index contributed by atoms with van der Waals surface area (Å²) in [5.41, 5.74) is 9.51. The monoisotopic (exact) mass is 327 g/mol. The van der Waals surface area contributed by atoms with Gasteiger partial charge in [-0.2, -0.15) is 10.4 Å². The summed E-state index contributed by atoms with van der Waals surface area (Å²) in [7, 11) is 0. The van der Waals surface area contributed by atoms with Crippen molar-refractivity contribution in [1.29, 1.82) is 5.26 Å². The number of nitrogens with one attached hydrogen (secondary N) is 1. The van der Waals surface area contributed by atoms with E-state index in [1.807, 2.05) is 6.07 Å². The topological polar surface area (TPSA) is 115 Å². The van der Waals surface area contributed by atoms with Gasteiger partial charge in [0.25, 0.3) is 5.91 Å². The van der Waals surface area contributed by atoms with Crippen LogP contribution in [-0.2, 0) is 9.57 Å². The highest BCUT2D eigenvalue weighted by Crippen LogP contribution is 2.18. The van der Waals surface area contributed by atoms with Crippen molar-refractivity contribution in [2.24, 2.45) is 0 Å². The van der Waals surface area contributed by atoms with Gasteiger partial charge in [-0.25, -0.2) is 15.0 Å². The standard InChI is InChI=1S/C16H17N5O3/c17-9-12-10-19-21(15(12)18)13-5-3-4-11(8-13)16(22)20-24-14-6-1-2-7-23-14/h3-5,8,10,14H,1-2,6-7,18H2,(H,20,22). The van der Waals surface area contributed by atoms with Crippen LogP contribution in [0.15, 0.2) is 30.5 Å². The van der Waals surface area contributed by atoms with Gasteiger partial charge in [0.05, 0.1) is 11.9 Å². The lowest BCUT2D eigenvalue weighted by molar-refractivity contribution is -0.186. The molecule has 0 saturated carbocycles. The van der Waals surface area contributed by atoms with Crippen molar-refractivity contribution in [3.8, 4) is 11.8 Å². The van der Waals surface area contributed by atoms with E-state index in [9.17, 15) is 4.79 Å². The predicted molar refractivity (Wildman–Crippen MR) is 84.8 cm³/mol. The molecule has 0 aliphatic carbocycles. The molecule has 1 aliphatic rings. The Kier molecular flexibility index (Phi) is 4.74. The molecule has 8 nitrogen and oxygen atoms in total. The maximum absolute atomic E-state index is 12.2. The molecule has 2 heterocycles. The second kappa shape index (κ2) is 7.12. The highest BCUT2D eigenvalue weighted by atomic mass is 16.8. The van der Waals surface area contributed by atoms with Crippen molar-refractivity contribution in [3.63, 3.8) is 0 Å². The van der Waals surface area contributed by atoms with Crippen molar-refractivity contribution in [2.45, 2.75) is 25.6 Å². The number of nitrogens with two attached hydrogens (primary N) is 1. The van der Waals surface area contributed by atoms with E-state index >= 15 is 0 Å². The number of carbonyl (C=O) groups excluding carboxylic acids is 1. The molecule has 0 spiro atoms. The van der Waals surface area contributed by atoms with Crippen LogP contribution in [-0.4, -0.2) is 28.6 Å². The maximum Gasteiger partial charge on any atom is 0.275 e. The molecule has 3 rings (SSSR count). The van der Waals surface area contributed by atoms with Crippen molar-refractivity contribution in [1.82, 2.24) is 15.3 Å². The molecule has 1 aromatic carbocycles. The Labute approximate surface area is 138 Å². The molecule has 24 heavy (non-hydrogen) atoms. The highest BCUT2D eigenvalue weighted by molar-refractivity contribution is 5.94. The summed E-state index contributed by atoms with van der Waals surface area (Å²) >= 11 is 0. The third-order valence-electron chi connectivity index (χ3n) is 3.70. The number of anilines is 1. The molecular weight excluding hydrogens is 310 g/mol. The number of nitriles is 1. The number of hydroxylamine groups is 1. The lowest BCUT2D eigenvalue weighted by Gasteiger charge is -2.22. The molecule has 1 fully saturated rings.